The number of piperidine rings is 1. The van der Waals surface area contributed by atoms with Crippen molar-refractivity contribution >= 4 is 18.3 Å². The predicted octanol–water partition coefficient (Wildman–Crippen LogP) is 1.73. The number of carbonyl (C=O) groups is 1. The maximum atomic E-state index is 12.0. The van der Waals surface area contributed by atoms with Crippen LogP contribution >= 0.6 is 12.4 Å². The van der Waals surface area contributed by atoms with Crippen molar-refractivity contribution in [3.63, 3.8) is 0 Å². The molecule has 1 amide bonds. The molecule has 2 N–H and O–H groups in total. The van der Waals surface area contributed by atoms with Crippen molar-refractivity contribution in [1.29, 1.82) is 0 Å². The number of hydrogen-bond acceptors (Lipinski definition) is 3. The molecule has 1 fully saturated rings. The Morgan fingerprint density at radius 1 is 1.42 bits per heavy atom. The maximum absolute atomic E-state index is 12.0. The highest BCUT2D eigenvalue weighted by Gasteiger charge is 2.20. The fourth-order valence-electron chi connectivity index (χ4n) is 2.20. The first-order chi connectivity index (χ1) is 8.79. The van der Waals surface area contributed by atoms with Crippen LogP contribution in [-0.2, 0) is 11.3 Å². The summed E-state index contributed by atoms with van der Waals surface area (Å²) in [7, 11) is 1.65. The number of benzene rings is 1. The van der Waals surface area contributed by atoms with Gasteiger partial charge in [-0.15, -0.1) is 12.4 Å². The van der Waals surface area contributed by atoms with E-state index >= 15 is 0 Å². The number of hydrogen-bond donors (Lipinski definition) is 2. The van der Waals surface area contributed by atoms with Crippen LogP contribution in [0.1, 0.15) is 18.4 Å². The normalized spacial score (nSPS) is 15.4. The van der Waals surface area contributed by atoms with Gasteiger partial charge in [-0.2, -0.15) is 0 Å². The molecule has 1 aromatic rings. The van der Waals surface area contributed by atoms with Gasteiger partial charge < -0.3 is 15.4 Å². The Balaban J connectivity index is 0.00000180. The largest absolute Gasteiger partial charge is 0.497 e. The van der Waals surface area contributed by atoms with E-state index in [1.165, 1.54) is 0 Å². The highest BCUT2D eigenvalue weighted by Crippen LogP contribution is 2.14. The molecule has 0 spiro atoms. The SMILES string of the molecule is COc1cccc(CNC(=O)C2CCNCC2)c1.Cl. The molecule has 0 unspecified atom stereocenters. The van der Waals surface area contributed by atoms with Crippen LogP contribution in [0.15, 0.2) is 24.3 Å². The van der Waals surface area contributed by atoms with E-state index in [0.29, 0.717) is 6.54 Å². The summed E-state index contributed by atoms with van der Waals surface area (Å²) in [5.74, 6) is 1.15. The van der Waals surface area contributed by atoms with Gasteiger partial charge in [-0.05, 0) is 43.6 Å². The Kier molecular flexibility index (Phi) is 6.67. The zero-order valence-electron chi connectivity index (χ0n) is 11.1. The second-order valence-corrected chi connectivity index (χ2v) is 4.59. The van der Waals surface area contributed by atoms with Crippen molar-refractivity contribution in [2.24, 2.45) is 5.92 Å². The molecule has 4 nitrogen and oxygen atoms in total. The Morgan fingerprint density at radius 3 is 2.84 bits per heavy atom. The van der Waals surface area contributed by atoms with E-state index in [2.05, 4.69) is 10.6 Å². The first kappa shape index (κ1) is 15.8. The summed E-state index contributed by atoms with van der Waals surface area (Å²) in [6, 6.07) is 7.77. The highest BCUT2D eigenvalue weighted by atomic mass is 35.5. The van der Waals surface area contributed by atoms with Crippen LogP contribution < -0.4 is 15.4 Å². The van der Waals surface area contributed by atoms with Gasteiger partial charge in [0, 0.05) is 12.5 Å². The lowest BCUT2D eigenvalue weighted by atomic mass is 9.97. The maximum Gasteiger partial charge on any atom is 0.223 e. The van der Waals surface area contributed by atoms with Crippen molar-refractivity contribution in [1.82, 2.24) is 10.6 Å². The molecular formula is C14H21ClN2O2. The van der Waals surface area contributed by atoms with Crippen LogP contribution in [0.5, 0.6) is 5.75 Å². The van der Waals surface area contributed by atoms with Crippen molar-refractivity contribution in [2.45, 2.75) is 19.4 Å². The lowest BCUT2D eigenvalue weighted by Crippen LogP contribution is -2.37. The predicted molar refractivity (Wildman–Crippen MR) is 77.7 cm³/mol. The summed E-state index contributed by atoms with van der Waals surface area (Å²) >= 11 is 0. The third kappa shape index (κ3) is 4.73. The lowest BCUT2D eigenvalue weighted by Gasteiger charge is -2.21. The van der Waals surface area contributed by atoms with Gasteiger partial charge in [0.25, 0.3) is 0 Å². The van der Waals surface area contributed by atoms with E-state index in [-0.39, 0.29) is 24.2 Å². The molecule has 2 rings (SSSR count). The van der Waals surface area contributed by atoms with Crippen LogP contribution in [0, 0.1) is 5.92 Å². The molecule has 0 aliphatic carbocycles. The summed E-state index contributed by atoms with van der Waals surface area (Å²) in [4.78, 5) is 12.0. The molecule has 1 saturated heterocycles. The van der Waals surface area contributed by atoms with Crippen LogP contribution in [0.2, 0.25) is 0 Å². The quantitative estimate of drug-likeness (QED) is 0.885. The minimum absolute atomic E-state index is 0. The number of nitrogens with one attached hydrogen (secondary N) is 2. The summed E-state index contributed by atoms with van der Waals surface area (Å²) in [6.45, 7) is 2.45. The van der Waals surface area contributed by atoms with Crippen LogP contribution in [0.4, 0.5) is 0 Å². The van der Waals surface area contributed by atoms with E-state index in [4.69, 9.17) is 4.74 Å². The summed E-state index contributed by atoms with van der Waals surface area (Å²) in [5.41, 5.74) is 1.07. The summed E-state index contributed by atoms with van der Waals surface area (Å²) < 4.78 is 5.16. The Morgan fingerprint density at radius 2 is 2.16 bits per heavy atom. The second kappa shape index (κ2) is 8.02. The van der Waals surface area contributed by atoms with E-state index < -0.39 is 0 Å². The number of methoxy groups -OCH3 is 1. The molecule has 0 saturated carbocycles. The van der Waals surface area contributed by atoms with Crippen molar-refractivity contribution < 1.29 is 9.53 Å². The minimum atomic E-state index is 0. The molecule has 1 aromatic carbocycles. The third-order valence-electron chi connectivity index (χ3n) is 3.31. The number of carbonyl (C=O) groups excluding carboxylic acids is 1. The van der Waals surface area contributed by atoms with E-state index in [9.17, 15) is 4.79 Å². The van der Waals surface area contributed by atoms with Crippen molar-refractivity contribution in [2.75, 3.05) is 20.2 Å². The molecule has 19 heavy (non-hydrogen) atoms. The fraction of sp³-hybridized carbons (Fsp3) is 0.500. The topological polar surface area (TPSA) is 50.4 Å². The van der Waals surface area contributed by atoms with Gasteiger partial charge in [0.2, 0.25) is 5.91 Å². The average Bonchev–Trinajstić information content (AvgIpc) is 2.46. The number of halogens is 1. The smallest absolute Gasteiger partial charge is 0.223 e. The summed E-state index contributed by atoms with van der Waals surface area (Å²) in [5, 5.41) is 6.26. The number of ether oxygens (including phenoxy) is 1. The van der Waals surface area contributed by atoms with Gasteiger partial charge >= 0.3 is 0 Å². The molecule has 0 aromatic heterocycles. The minimum Gasteiger partial charge on any atom is -0.497 e. The van der Waals surface area contributed by atoms with Crippen molar-refractivity contribution in [3.8, 4) is 5.75 Å². The van der Waals surface area contributed by atoms with Gasteiger partial charge in [-0.3, -0.25) is 4.79 Å². The monoisotopic (exact) mass is 284 g/mol. The first-order valence-corrected chi connectivity index (χ1v) is 6.41. The molecule has 0 bridgehead atoms. The van der Waals surface area contributed by atoms with Crippen LogP contribution in [0.25, 0.3) is 0 Å². The molecule has 106 valence electrons. The Bertz CT molecular complexity index is 406. The van der Waals surface area contributed by atoms with Gasteiger partial charge in [0.1, 0.15) is 5.75 Å². The molecule has 5 heteroatoms. The summed E-state index contributed by atoms with van der Waals surface area (Å²) in [6.07, 6.45) is 1.87. The lowest BCUT2D eigenvalue weighted by molar-refractivity contribution is -0.125. The van der Waals surface area contributed by atoms with Gasteiger partial charge in [0.15, 0.2) is 0 Å². The zero-order chi connectivity index (χ0) is 12.8. The van der Waals surface area contributed by atoms with Crippen LogP contribution in [0.3, 0.4) is 0 Å². The molecule has 1 aliphatic rings. The first-order valence-electron chi connectivity index (χ1n) is 6.41. The Hall–Kier alpha value is -1.26. The average molecular weight is 285 g/mol. The van der Waals surface area contributed by atoms with E-state index in [1.54, 1.807) is 7.11 Å². The van der Waals surface area contributed by atoms with E-state index in [0.717, 1.165) is 37.2 Å². The van der Waals surface area contributed by atoms with Gasteiger partial charge in [-0.1, -0.05) is 12.1 Å². The zero-order valence-corrected chi connectivity index (χ0v) is 12.0. The number of amides is 1. The third-order valence-corrected chi connectivity index (χ3v) is 3.31. The molecule has 0 radical (unpaired) electrons. The highest BCUT2D eigenvalue weighted by molar-refractivity contribution is 5.85. The molecule has 1 aliphatic heterocycles. The number of rotatable bonds is 4. The van der Waals surface area contributed by atoms with Gasteiger partial charge in [0.05, 0.1) is 7.11 Å². The molecule has 1 heterocycles. The fourth-order valence-corrected chi connectivity index (χ4v) is 2.20. The molecule has 0 atom stereocenters. The van der Waals surface area contributed by atoms with Crippen molar-refractivity contribution in [3.05, 3.63) is 29.8 Å². The second-order valence-electron chi connectivity index (χ2n) is 4.59. The van der Waals surface area contributed by atoms with E-state index in [1.807, 2.05) is 24.3 Å². The Labute approximate surface area is 120 Å². The van der Waals surface area contributed by atoms with Gasteiger partial charge in [-0.25, -0.2) is 0 Å². The van der Waals surface area contributed by atoms with Crippen LogP contribution in [-0.4, -0.2) is 26.1 Å². The molecular weight excluding hydrogens is 264 g/mol. The standard InChI is InChI=1S/C14H20N2O2.ClH/c1-18-13-4-2-3-11(9-13)10-16-14(17)12-5-7-15-8-6-12;/h2-4,9,12,15H,5-8,10H2,1H3,(H,16,17);1H.